The van der Waals surface area contributed by atoms with Gasteiger partial charge in [0.25, 0.3) is 5.91 Å². The number of carbonyl (C=O) groups is 1. The molecule has 0 radical (unpaired) electrons. The fourth-order valence-electron chi connectivity index (χ4n) is 4.27. The fourth-order valence-corrected chi connectivity index (χ4v) is 4.95. The Labute approximate surface area is 192 Å². The minimum Gasteiger partial charge on any atom is -0.368 e. The van der Waals surface area contributed by atoms with Gasteiger partial charge in [-0.25, -0.2) is 4.68 Å². The average molecular weight is 443 g/mol. The Morgan fingerprint density at radius 1 is 0.906 bits per heavy atom. The van der Waals surface area contributed by atoms with Gasteiger partial charge in [-0.15, -0.1) is 11.3 Å². The normalized spacial score (nSPS) is 14.1. The van der Waals surface area contributed by atoms with Gasteiger partial charge in [0.2, 0.25) is 0 Å². The summed E-state index contributed by atoms with van der Waals surface area (Å²) in [6, 6.07) is 22.6. The van der Waals surface area contributed by atoms with Crippen LogP contribution in [0.2, 0.25) is 0 Å². The van der Waals surface area contributed by atoms with E-state index in [1.54, 1.807) is 16.0 Å². The van der Waals surface area contributed by atoms with Crippen LogP contribution in [0.1, 0.15) is 21.6 Å². The highest BCUT2D eigenvalue weighted by molar-refractivity contribution is 7.13. The van der Waals surface area contributed by atoms with E-state index in [2.05, 4.69) is 55.1 Å². The van der Waals surface area contributed by atoms with Crippen LogP contribution in [0.4, 0.5) is 5.69 Å². The number of piperazine rings is 1. The summed E-state index contributed by atoms with van der Waals surface area (Å²) in [6.07, 6.45) is 0. The molecule has 6 heteroatoms. The molecule has 1 fully saturated rings. The van der Waals surface area contributed by atoms with Gasteiger partial charge in [0.15, 0.2) is 0 Å². The number of hydrogen-bond acceptors (Lipinski definition) is 4. The molecular weight excluding hydrogens is 416 g/mol. The lowest BCUT2D eigenvalue weighted by Crippen LogP contribution is -2.49. The molecule has 32 heavy (non-hydrogen) atoms. The van der Waals surface area contributed by atoms with Crippen molar-refractivity contribution in [2.24, 2.45) is 0 Å². The van der Waals surface area contributed by atoms with E-state index in [1.807, 2.05) is 40.6 Å². The Morgan fingerprint density at radius 2 is 1.72 bits per heavy atom. The van der Waals surface area contributed by atoms with Crippen LogP contribution in [0.3, 0.4) is 0 Å². The van der Waals surface area contributed by atoms with Crippen LogP contribution in [0.15, 0.2) is 72.1 Å². The lowest BCUT2D eigenvalue weighted by Gasteiger charge is -2.36. The predicted molar refractivity (Wildman–Crippen MR) is 131 cm³/mol. The van der Waals surface area contributed by atoms with Crippen molar-refractivity contribution >= 4 is 22.9 Å². The van der Waals surface area contributed by atoms with Crippen molar-refractivity contribution in [3.63, 3.8) is 0 Å². The molecule has 2 aromatic carbocycles. The molecule has 0 aliphatic carbocycles. The molecule has 1 aliphatic heterocycles. The third-order valence-electron chi connectivity index (χ3n) is 5.97. The Kier molecular flexibility index (Phi) is 5.53. The first-order valence-corrected chi connectivity index (χ1v) is 11.8. The summed E-state index contributed by atoms with van der Waals surface area (Å²) in [4.78, 5) is 19.0. The Balaban J connectivity index is 1.43. The van der Waals surface area contributed by atoms with Gasteiger partial charge in [-0.2, -0.15) is 5.10 Å². The summed E-state index contributed by atoms with van der Waals surface area (Å²) in [6.45, 7) is 7.24. The molecule has 0 unspecified atom stereocenters. The molecule has 4 aromatic rings. The molecule has 0 saturated carbocycles. The van der Waals surface area contributed by atoms with Crippen molar-refractivity contribution in [1.82, 2.24) is 14.7 Å². The fraction of sp³-hybridized carbons (Fsp3) is 0.231. The molecule has 5 rings (SSSR count). The smallest absolute Gasteiger partial charge is 0.272 e. The molecule has 2 aromatic heterocycles. The monoisotopic (exact) mass is 442 g/mol. The van der Waals surface area contributed by atoms with Gasteiger partial charge in [-0.3, -0.25) is 4.79 Å². The topological polar surface area (TPSA) is 41.4 Å². The lowest BCUT2D eigenvalue weighted by molar-refractivity contribution is 0.0737. The maximum Gasteiger partial charge on any atom is 0.272 e. The van der Waals surface area contributed by atoms with Gasteiger partial charge in [-0.1, -0.05) is 36.4 Å². The summed E-state index contributed by atoms with van der Waals surface area (Å²) in [7, 11) is 0. The SMILES string of the molecule is Cc1cccc(-n2nc(-c3cccs3)cc2C(=O)N2CCN(c3ccccc3C)CC2)c1. The zero-order valence-corrected chi connectivity index (χ0v) is 19.2. The van der Waals surface area contributed by atoms with Crippen LogP contribution in [0.25, 0.3) is 16.3 Å². The number of nitrogens with zero attached hydrogens (tertiary/aromatic N) is 4. The van der Waals surface area contributed by atoms with Gasteiger partial charge in [0.05, 0.1) is 10.6 Å². The molecule has 0 N–H and O–H groups in total. The van der Waals surface area contributed by atoms with Crippen molar-refractivity contribution in [2.75, 3.05) is 31.1 Å². The van der Waals surface area contributed by atoms with E-state index >= 15 is 0 Å². The van der Waals surface area contributed by atoms with Crippen molar-refractivity contribution in [1.29, 1.82) is 0 Å². The molecule has 162 valence electrons. The van der Waals surface area contributed by atoms with E-state index < -0.39 is 0 Å². The number of para-hydroxylation sites is 1. The largest absolute Gasteiger partial charge is 0.368 e. The summed E-state index contributed by atoms with van der Waals surface area (Å²) < 4.78 is 1.80. The van der Waals surface area contributed by atoms with Gasteiger partial charge >= 0.3 is 0 Å². The summed E-state index contributed by atoms with van der Waals surface area (Å²) >= 11 is 1.64. The average Bonchev–Trinajstić information content (AvgIpc) is 3.49. The number of hydrogen-bond donors (Lipinski definition) is 0. The molecule has 0 spiro atoms. The molecule has 5 nitrogen and oxygen atoms in total. The molecule has 1 amide bonds. The summed E-state index contributed by atoms with van der Waals surface area (Å²) in [5.74, 6) is 0.0336. The third kappa shape index (κ3) is 3.94. The zero-order valence-electron chi connectivity index (χ0n) is 18.4. The van der Waals surface area contributed by atoms with E-state index in [1.165, 1.54) is 11.3 Å². The Bertz CT molecular complexity index is 1240. The number of anilines is 1. The van der Waals surface area contributed by atoms with Crippen molar-refractivity contribution in [2.45, 2.75) is 13.8 Å². The van der Waals surface area contributed by atoms with E-state index in [9.17, 15) is 4.79 Å². The first-order chi connectivity index (χ1) is 15.6. The highest BCUT2D eigenvalue weighted by Gasteiger charge is 2.27. The summed E-state index contributed by atoms with van der Waals surface area (Å²) in [5.41, 5.74) is 6.03. The molecular formula is C26H26N4OS. The van der Waals surface area contributed by atoms with Crippen LogP contribution >= 0.6 is 11.3 Å². The van der Waals surface area contributed by atoms with Crippen LogP contribution in [-0.4, -0.2) is 46.8 Å². The van der Waals surface area contributed by atoms with Gasteiger partial charge in [0.1, 0.15) is 11.4 Å². The maximum atomic E-state index is 13.6. The molecule has 0 atom stereocenters. The highest BCUT2D eigenvalue weighted by Crippen LogP contribution is 2.27. The first-order valence-electron chi connectivity index (χ1n) is 10.9. The van der Waals surface area contributed by atoms with Crippen LogP contribution in [0.5, 0.6) is 0 Å². The van der Waals surface area contributed by atoms with Crippen LogP contribution in [-0.2, 0) is 0 Å². The molecule has 3 heterocycles. The Hall–Kier alpha value is -3.38. The minimum absolute atomic E-state index is 0.0336. The number of rotatable bonds is 4. The molecule has 1 aliphatic rings. The first kappa shape index (κ1) is 20.5. The maximum absolute atomic E-state index is 13.6. The number of amides is 1. The van der Waals surface area contributed by atoms with Crippen LogP contribution < -0.4 is 4.90 Å². The predicted octanol–water partition coefficient (Wildman–Crippen LogP) is 5.18. The summed E-state index contributed by atoms with van der Waals surface area (Å²) in [5, 5.41) is 6.86. The highest BCUT2D eigenvalue weighted by atomic mass is 32.1. The molecule has 0 bridgehead atoms. The number of thiophene rings is 1. The second-order valence-corrected chi connectivity index (χ2v) is 9.16. The number of benzene rings is 2. The molecule has 1 saturated heterocycles. The quantitative estimate of drug-likeness (QED) is 0.437. The number of aryl methyl sites for hydroxylation is 2. The van der Waals surface area contributed by atoms with Crippen molar-refractivity contribution in [3.05, 3.63) is 88.9 Å². The Morgan fingerprint density at radius 3 is 2.44 bits per heavy atom. The second-order valence-electron chi connectivity index (χ2n) is 8.21. The van der Waals surface area contributed by atoms with E-state index in [4.69, 9.17) is 5.10 Å². The minimum atomic E-state index is 0.0336. The zero-order chi connectivity index (χ0) is 22.1. The second kappa shape index (κ2) is 8.63. The van der Waals surface area contributed by atoms with E-state index in [-0.39, 0.29) is 5.91 Å². The van der Waals surface area contributed by atoms with Crippen LogP contribution in [0, 0.1) is 13.8 Å². The van der Waals surface area contributed by atoms with Gasteiger partial charge in [0, 0.05) is 31.9 Å². The van der Waals surface area contributed by atoms with Crippen molar-refractivity contribution < 1.29 is 4.79 Å². The number of carbonyl (C=O) groups excluding carboxylic acids is 1. The van der Waals surface area contributed by atoms with Crippen molar-refractivity contribution in [3.8, 4) is 16.3 Å². The third-order valence-corrected chi connectivity index (χ3v) is 6.86. The van der Waals surface area contributed by atoms with Gasteiger partial charge < -0.3 is 9.80 Å². The van der Waals surface area contributed by atoms with E-state index in [0.29, 0.717) is 18.8 Å². The standard InChI is InChI=1S/C26H26N4OS/c1-19-7-5-9-21(17-19)30-24(18-22(27-30)25-11-6-16-32-25)26(31)29-14-12-28(13-15-29)23-10-4-3-8-20(23)2/h3-11,16-18H,12-15H2,1-2H3. The van der Waals surface area contributed by atoms with E-state index in [0.717, 1.165) is 34.9 Å². The number of aromatic nitrogens is 2. The van der Waals surface area contributed by atoms with Gasteiger partial charge in [-0.05, 0) is 60.7 Å². The lowest BCUT2D eigenvalue weighted by atomic mass is 10.1.